The first-order valence-electron chi connectivity index (χ1n) is 8.81. The van der Waals surface area contributed by atoms with Crippen molar-refractivity contribution in [3.05, 3.63) is 45.7 Å². The summed E-state index contributed by atoms with van der Waals surface area (Å²) in [5.41, 5.74) is 1.54. The van der Waals surface area contributed by atoms with Crippen molar-refractivity contribution in [2.45, 2.75) is 32.9 Å². The van der Waals surface area contributed by atoms with Gasteiger partial charge in [-0.05, 0) is 37.5 Å². The van der Waals surface area contributed by atoms with E-state index in [1.807, 2.05) is 26.4 Å². The number of guanidine groups is 1. The molecule has 0 saturated carbocycles. The van der Waals surface area contributed by atoms with Crippen molar-refractivity contribution in [2.75, 3.05) is 13.1 Å². The summed E-state index contributed by atoms with van der Waals surface area (Å²) in [7, 11) is 1.88. The molecule has 0 saturated heterocycles. The van der Waals surface area contributed by atoms with Gasteiger partial charge in [-0.15, -0.1) is 24.0 Å². The molecule has 162 valence electrons. The van der Waals surface area contributed by atoms with Crippen LogP contribution >= 0.6 is 47.2 Å². The molecule has 1 aromatic carbocycles. The largest absolute Gasteiger partial charge is 0.433 e. The van der Waals surface area contributed by atoms with Crippen LogP contribution in [0.2, 0.25) is 10.0 Å². The number of halogens is 5. The Morgan fingerprint density at radius 1 is 1.31 bits per heavy atom. The smallest absolute Gasteiger partial charge is 0.387 e. The molecule has 2 rings (SSSR count). The van der Waals surface area contributed by atoms with Gasteiger partial charge in [0.15, 0.2) is 5.96 Å². The normalized spacial score (nSPS) is 11.3. The molecule has 0 bridgehead atoms. The van der Waals surface area contributed by atoms with E-state index in [9.17, 15) is 8.78 Å². The molecule has 0 fully saturated rings. The molecule has 0 aliphatic rings. The molecule has 0 aliphatic carbocycles. The summed E-state index contributed by atoms with van der Waals surface area (Å²) >= 11 is 12.0. The lowest BCUT2D eigenvalue weighted by atomic mass is 10.2. The van der Waals surface area contributed by atoms with Crippen molar-refractivity contribution in [1.29, 1.82) is 0 Å². The van der Waals surface area contributed by atoms with Gasteiger partial charge in [-0.1, -0.05) is 23.2 Å². The van der Waals surface area contributed by atoms with Gasteiger partial charge in [0.1, 0.15) is 5.75 Å². The molecule has 1 heterocycles. The van der Waals surface area contributed by atoms with E-state index in [0.29, 0.717) is 29.6 Å². The molecule has 0 spiro atoms. The van der Waals surface area contributed by atoms with Crippen LogP contribution in [0, 0.1) is 0 Å². The van der Waals surface area contributed by atoms with Crippen LogP contribution in [-0.4, -0.2) is 35.4 Å². The van der Waals surface area contributed by atoms with Crippen LogP contribution in [0.25, 0.3) is 0 Å². The van der Waals surface area contributed by atoms with Gasteiger partial charge in [0.25, 0.3) is 0 Å². The summed E-state index contributed by atoms with van der Waals surface area (Å²) in [4.78, 5) is 4.42. The molecule has 0 atom stereocenters. The van der Waals surface area contributed by atoms with Crippen LogP contribution in [0.4, 0.5) is 8.78 Å². The van der Waals surface area contributed by atoms with E-state index in [2.05, 4.69) is 25.5 Å². The second-order valence-corrected chi connectivity index (χ2v) is 6.85. The summed E-state index contributed by atoms with van der Waals surface area (Å²) in [6, 6.07) is 2.87. The van der Waals surface area contributed by atoms with E-state index in [-0.39, 0.29) is 41.3 Å². The minimum atomic E-state index is -2.99. The quantitative estimate of drug-likeness (QED) is 0.203. The Morgan fingerprint density at radius 2 is 2.07 bits per heavy atom. The first-order valence-corrected chi connectivity index (χ1v) is 9.57. The van der Waals surface area contributed by atoms with Crippen LogP contribution in [0.3, 0.4) is 0 Å². The predicted octanol–water partition coefficient (Wildman–Crippen LogP) is 4.63. The minimum absolute atomic E-state index is 0. The van der Waals surface area contributed by atoms with Crippen LogP contribution in [-0.2, 0) is 20.0 Å². The second-order valence-electron chi connectivity index (χ2n) is 6.00. The van der Waals surface area contributed by atoms with E-state index < -0.39 is 6.61 Å². The van der Waals surface area contributed by atoms with Crippen LogP contribution in [0.5, 0.6) is 5.75 Å². The summed E-state index contributed by atoms with van der Waals surface area (Å²) in [5, 5.41) is 10.8. The zero-order valence-electron chi connectivity index (χ0n) is 16.1. The first kappa shape index (κ1) is 25.7. The SMILES string of the molecule is CCNC(=NCc1cc(Cl)cc(Cl)c1OC(F)F)NCCCc1cnn(C)c1.I. The molecule has 2 aromatic rings. The molecular formula is C18H24Cl2F2IN5O. The van der Waals surface area contributed by atoms with Crippen molar-refractivity contribution in [3.8, 4) is 5.75 Å². The summed E-state index contributed by atoms with van der Waals surface area (Å²) in [6.07, 6.45) is 5.59. The maximum Gasteiger partial charge on any atom is 0.387 e. The summed E-state index contributed by atoms with van der Waals surface area (Å²) in [5.74, 6) is 0.449. The third-order valence-corrected chi connectivity index (χ3v) is 4.24. The number of benzene rings is 1. The van der Waals surface area contributed by atoms with Gasteiger partial charge in [0.2, 0.25) is 0 Å². The van der Waals surface area contributed by atoms with E-state index in [0.717, 1.165) is 18.4 Å². The molecule has 0 radical (unpaired) electrons. The van der Waals surface area contributed by atoms with Crippen LogP contribution in [0.15, 0.2) is 29.5 Å². The topological polar surface area (TPSA) is 63.5 Å². The number of aliphatic imine (C=N–C) groups is 1. The van der Waals surface area contributed by atoms with E-state index >= 15 is 0 Å². The molecule has 0 unspecified atom stereocenters. The Bertz CT molecular complexity index is 805. The monoisotopic (exact) mass is 561 g/mol. The highest BCUT2D eigenvalue weighted by molar-refractivity contribution is 14.0. The van der Waals surface area contributed by atoms with Crippen LogP contribution in [0.1, 0.15) is 24.5 Å². The fourth-order valence-electron chi connectivity index (χ4n) is 2.56. The Hall–Kier alpha value is -1.33. The zero-order chi connectivity index (χ0) is 20.5. The molecule has 0 amide bonds. The number of aromatic nitrogens is 2. The van der Waals surface area contributed by atoms with Gasteiger partial charge < -0.3 is 15.4 Å². The minimum Gasteiger partial charge on any atom is -0.433 e. The first-order chi connectivity index (χ1) is 13.4. The molecule has 11 heteroatoms. The number of rotatable bonds is 9. The fraction of sp³-hybridized carbons (Fsp3) is 0.444. The Kier molecular flexibility index (Phi) is 11.6. The fourth-order valence-corrected chi connectivity index (χ4v) is 3.14. The third-order valence-electron chi connectivity index (χ3n) is 3.74. The number of ether oxygens (including phenoxy) is 1. The Balaban J connectivity index is 0.00000420. The van der Waals surface area contributed by atoms with Crippen molar-refractivity contribution in [1.82, 2.24) is 20.4 Å². The number of nitrogens with one attached hydrogen (secondary N) is 2. The van der Waals surface area contributed by atoms with Crippen molar-refractivity contribution in [2.24, 2.45) is 12.0 Å². The lowest BCUT2D eigenvalue weighted by molar-refractivity contribution is -0.0503. The van der Waals surface area contributed by atoms with E-state index in [1.165, 1.54) is 12.1 Å². The van der Waals surface area contributed by atoms with Gasteiger partial charge in [0, 0.05) is 36.9 Å². The molecule has 6 nitrogen and oxygen atoms in total. The molecule has 1 aromatic heterocycles. The maximum absolute atomic E-state index is 12.7. The molecular weight excluding hydrogens is 538 g/mol. The highest BCUT2D eigenvalue weighted by Gasteiger charge is 2.15. The van der Waals surface area contributed by atoms with Gasteiger partial charge in [0.05, 0.1) is 17.8 Å². The predicted molar refractivity (Wildman–Crippen MR) is 123 cm³/mol. The number of hydrogen-bond acceptors (Lipinski definition) is 3. The average molecular weight is 562 g/mol. The molecule has 0 aliphatic heterocycles. The number of aryl methyl sites for hydroxylation is 2. The molecule has 29 heavy (non-hydrogen) atoms. The summed E-state index contributed by atoms with van der Waals surface area (Å²) < 4.78 is 31.6. The highest BCUT2D eigenvalue weighted by atomic mass is 127. The average Bonchev–Trinajstić information content (AvgIpc) is 3.04. The third kappa shape index (κ3) is 8.91. The highest BCUT2D eigenvalue weighted by Crippen LogP contribution is 2.34. The number of hydrogen-bond donors (Lipinski definition) is 2. The standard InChI is InChI=1S/C18H23Cl2F2N5O.HI/c1-3-23-18(24-6-4-5-12-9-26-27(2)11-12)25-10-13-7-14(19)8-15(20)16(13)28-17(21)22;/h7-9,11,17H,3-6,10H2,1-2H3,(H2,23,24,25);1H. The van der Waals surface area contributed by atoms with Crippen molar-refractivity contribution < 1.29 is 13.5 Å². The molecule has 2 N–H and O–H groups in total. The lowest BCUT2D eigenvalue weighted by Gasteiger charge is -2.14. The number of nitrogens with zero attached hydrogens (tertiary/aromatic N) is 3. The van der Waals surface area contributed by atoms with Crippen LogP contribution < -0.4 is 15.4 Å². The lowest BCUT2D eigenvalue weighted by Crippen LogP contribution is -2.37. The van der Waals surface area contributed by atoms with Crippen molar-refractivity contribution >= 4 is 53.1 Å². The van der Waals surface area contributed by atoms with Crippen molar-refractivity contribution in [3.63, 3.8) is 0 Å². The number of alkyl halides is 2. The second kappa shape index (κ2) is 13.1. The van der Waals surface area contributed by atoms with Gasteiger partial charge >= 0.3 is 6.61 Å². The van der Waals surface area contributed by atoms with Gasteiger partial charge in [-0.3, -0.25) is 4.68 Å². The van der Waals surface area contributed by atoms with Gasteiger partial charge in [-0.2, -0.15) is 13.9 Å². The van der Waals surface area contributed by atoms with Gasteiger partial charge in [-0.25, -0.2) is 4.99 Å². The van der Waals surface area contributed by atoms with E-state index in [4.69, 9.17) is 23.2 Å². The summed E-state index contributed by atoms with van der Waals surface area (Å²) in [6.45, 7) is 0.386. The zero-order valence-corrected chi connectivity index (χ0v) is 19.9. The van der Waals surface area contributed by atoms with E-state index in [1.54, 1.807) is 4.68 Å². The maximum atomic E-state index is 12.7. The Labute approximate surface area is 196 Å². The Morgan fingerprint density at radius 3 is 2.69 bits per heavy atom.